The van der Waals surface area contributed by atoms with Crippen LogP contribution in [0.3, 0.4) is 0 Å². The summed E-state index contributed by atoms with van der Waals surface area (Å²) >= 11 is 5.52. The first-order valence-corrected chi connectivity index (χ1v) is 9.99. The number of carbonyl (C=O) groups is 1. The fourth-order valence-corrected chi connectivity index (χ4v) is 3.46. The molecule has 0 atom stereocenters. The number of hydrogen-bond acceptors (Lipinski definition) is 3. The number of thiocarbonyl (C=S) groups is 1. The zero-order chi connectivity index (χ0) is 20.6. The number of halogens is 1. The topological polar surface area (TPSA) is 58.0 Å². The van der Waals surface area contributed by atoms with Crippen LogP contribution in [0.4, 0.5) is 10.1 Å². The van der Waals surface area contributed by atoms with E-state index in [1.165, 1.54) is 17.0 Å². The highest BCUT2D eigenvalue weighted by molar-refractivity contribution is 7.80. The number of ether oxygens (including phenoxy) is 1. The molecule has 3 N–H and O–H groups in total. The third-order valence-corrected chi connectivity index (χ3v) is 5.30. The van der Waals surface area contributed by atoms with Gasteiger partial charge in [0.25, 0.3) is 5.91 Å². The minimum Gasteiger partial charge on any atom is -0.497 e. The highest BCUT2D eigenvalue weighted by Crippen LogP contribution is 2.11. The van der Waals surface area contributed by atoms with Crippen molar-refractivity contribution in [1.29, 1.82) is 0 Å². The minimum atomic E-state index is -0.318. The molecule has 1 aliphatic rings. The van der Waals surface area contributed by atoms with E-state index in [1.807, 2.05) is 24.3 Å². The first-order chi connectivity index (χ1) is 14.0. The summed E-state index contributed by atoms with van der Waals surface area (Å²) in [6, 6.07) is 13.7. The summed E-state index contributed by atoms with van der Waals surface area (Å²) in [6.07, 6.45) is 0. The lowest BCUT2D eigenvalue weighted by atomic mass is 10.2. The molecule has 0 aromatic heterocycles. The molecule has 1 amide bonds. The van der Waals surface area contributed by atoms with Gasteiger partial charge in [-0.1, -0.05) is 12.1 Å². The molecule has 0 saturated carbocycles. The van der Waals surface area contributed by atoms with Crippen LogP contribution in [0.5, 0.6) is 5.75 Å². The maximum absolute atomic E-state index is 12.9. The average Bonchev–Trinajstić information content (AvgIpc) is 2.74. The molecule has 0 bridgehead atoms. The van der Waals surface area contributed by atoms with Crippen molar-refractivity contribution in [3.63, 3.8) is 0 Å². The number of hydrogen-bond donors (Lipinski definition) is 3. The molecule has 1 saturated heterocycles. The van der Waals surface area contributed by atoms with E-state index in [2.05, 4.69) is 15.5 Å². The Morgan fingerprint density at radius 1 is 1.14 bits per heavy atom. The number of amides is 1. The normalized spacial score (nSPS) is 14.3. The van der Waals surface area contributed by atoms with Crippen LogP contribution in [0.15, 0.2) is 48.5 Å². The van der Waals surface area contributed by atoms with Crippen LogP contribution in [-0.2, 0) is 11.3 Å². The summed E-state index contributed by atoms with van der Waals surface area (Å²) in [4.78, 5) is 15.5. The SMILES string of the molecule is COc1ccc(CNC(=S)N2CC[NH+](CC(=O)Nc3ccc(F)cc3)CC2)cc1. The maximum atomic E-state index is 12.9. The Morgan fingerprint density at radius 3 is 2.41 bits per heavy atom. The van der Waals surface area contributed by atoms with Gasteiger partial charge in [0.2, 0.25) is 0 Å². The largest absolute Gasteiger partial charge is 0.497 e. The molecule has 0 radical (unpaired) electrons. The number of methoxy groups -OCH3 is 1. The number of nitrogens with one attached hydrogen (secondary N) is 3. The van der Waals surface area contributed by atoms with Crippen LogP contribution in [0.25, 0.3) is 0 Å². The average molecular weight is 418 g/mol. The molecule has 8 heteroatoms. The highest BCUT2D eigenvalue weighted by atomic mass is 32.1. The molecule has 0 aliphatic carbocycles. The molecular weight excluding hydrogens is 391 g/mol. The van der Waals surface area contributed by atoms with Crippen molar-refractivity contribution in [2.24, 2.45) is 0 Å². The smallest absolute Gasteiger partial charge is 0.279 e. The van der Waals surface area contributed by atoms with Crippen molar-refractivity contribution in [1.82, 2.24) is 10.2 Å². The van der Waals surface area contributed by atoms with Gasteiger partial charge in [-0.25, -0.2) is 4.39 Å². The van der Waals surface area contributed by atoms with E-state index in [1.54, 1.807) is 19.2 Å². The lowest BCUT2D eigenvalue weighted by Gasteiger charge is -2.33. The molecule has 1 fully saturated rings. The van der Waals surface area contributed by atoms with E-state index >= 15 is 0 Å². The Balaban J connectivity index is 1.38. The van der Waals surface area contributed by atoms with Crippen LogP contribution in [0.1, 0.15) is 5.56 Å². The van der Waals surface area contributed by atoms with Crippen molar-refractivity contribution >= 4 is 28.9 Å². The van der Waals surface area contributed by atoms with E-state index in [-0.39, 0.29) is 11.7 Å². The summed E-state index contributed by atoms with van der Waals surface area (Å²) in [6.45, 7) is 4.32. The van der Waals surface area contributed by atoms with Gasteiger partial charge in [0.15, 0.2) is 11.7 Å². The van der Waals surface area contributed by atoms with Gasteiger partial charge in [0, 0.05) is 12.2 Å². The Hall–Kier alpha value is -2.71. The maximum Gasteiger partial charge on any atom is 0.279 e. The van der Waals surface area contributed by atoms with Gasteiger partial charge < -0.3 is 25.2 Å². The van der Waals surface area contributed by atoms with Gasteiger partial charge >= 0.3 is 0 Å². The number of carbonyl (C=O) groups excluding carboxylic acids is 1. The Kier molecular flexibility index (Phi) is 7.37. The Morgan fingerprint density at radius 2 is 1.79 bits per heavy atom. The highest BCUT2D eigenvalue weighted by Gasteiger charge is 2.23. The summed E-state index contributed by atoms with van der Waals surface area (Å²) in [5.41, 5.74) is 1.74. The van der Waals surface area contributed by atoms with E-state index in [4.69, 9.17) is 17.0 Å². The van der Waals surface area contributed by atoms with Crippen molar-refractivity contribution in [2.75, 3.05) is 45.2 Å². The second-order valence-electron chi connectivity index (χ2n) is 6.98. The monoisotopic (exact) mass is 417 g/mol. The predicted molar refractivity (Wildman–Crippen MR) is 115 cm³/mol. The lowest BCUT2D eigenvalue weighted by molar-refractivity contribution is -0.895. The molecule has 3 rings (SSSR count). The second-order valence-corrected chi connectivity index (χ2v) is 7.36. The molecule has 2 aromatic rings. The number of nitrogens with zero attached hydrogens (tertiary/aromatic N) is 1. The third-order valence-electron chi connectivity index (χ3n) is 4.90. The van der Waals surface area contributed by atoms with Crippen molar-refractivity contribution < 1.29 is 18.8 Å². The van der Waals surface area contributed by atoms with Gasteiger partial charge in [-0.05, 0) is 54.2 Å². The number of benzene rings is 2. The number of quaternary nitrogens is 1. The van der Waals surface area contributed by atoms with Gasteiger partial charge in [-0.3, -0.25) is 4.79 Å². The first-order valence-electron chi connectivity index (χ1n) is 9.58. The van der Waals surface area contributed by atoms with E-state index < -0.39 is 0 Å². The summed E-state index contributed by atoms with van der Waals surface area (Å²) in [7, 11) is 1.65. The molecule has 154 valence electrons. The second kappa shape index (κ2) is 10.2. The van der Waals surface area contributed by atoms with Crippen molar-refractivity contribution in [2.45, 2.75) is 6.54 Å². The standard InChI is InChI=1S/C21H25FN4O2S/c1-28-19-8-2-16(3-9-19)14-23-21(29)26-12-10-25(11-13-26)15-20(27)24-18-6-4-17(22)5-7-18/h2-9H,10-15H2,1H3,(H,23,29)(H,24,27)/p+1. The summed E-state index contributed by atoms with van der Waals surface area (Å²) in [5.74, 6) is 0.445. The van der Waals surface area contributed by atoms with Gasteiger partial charge in [-0.15, -0.1) is 0 Å². The van der Waals surface area contributed by atoms with E-state index in [0.29, 0.717) is 18.8 Å². The van der Waals surface area contributed by atoms with Crippen LogP contribution in [0.2, 0.25) is 0 Å². The van der Waals surface area contributed by atoms with Crippen LogP contribution in [0, 0.1) is 5.82 Å². The Bertz CT molecular complexity index is 822. The summed E-state index contributed by atoms with van der Waals surface area (Å²) < 4.78 is 18.1. The minimum absolute atomic E-state index is 0.0692. The zero-order valence-electron chi connectivity index (χ0n) is 16.4. The predicted octanol–water partition coefficient (Wildman–Crippen LogP) is 1.05. The Labute approximate surface area is 175 Å². The molecule has 2 aromatic carbocycles. The van der Waals surface area contributed by atoms with Crippen LogP contribution in [-0.4, -0.2) is 55.8 Å². The van der Waals surface area contributed by atoms with E-state index in [9.17, 15) is 9.18 Å². The fourth-order valence-electron chi connectivity index (χ4n) is 3.20. The van der Waals surface area contributed by atoms with E-state index in [0.717, 1.165) is 42.6 Å². The lowest BCUT2D eigenvalue weighted by Crippen LogP contribution is -3.15. The molecule has 29 heavy (non-hydrogen) atoms. The van der Waals surface area contributed by atoms with Gasteiger partial charge in [0.1, 0.15) is 11.6 Å². The molecular formula is C21H26FN4O2S+. The quantitative estimate of drug-likeness (QED) is 0.614. The number of rotatable bonds is 6. The molecule has 1 aliphatic heterocycles. The number of piperazine rings is 1. The molecule has 1 heterocycles. The van der Waals surface area contributed by atoms with Gasteiger partial charge in [0.05, 0.1) is 33.3 Å². The van der Waals surface area contributed by atoms with Crippen LogP contribution >= 0.6 is 12.2 Å². The number of anilines is 1. The third kappa shape index (κ3) is 6.40. The first kappa shape index (κ1) is 21.0. The van der Waals surface area contributed by atoms with Crippen molar-refractivity contribution in [3.05, 3.63) is 59.9 Å². The zero-order valence-corrected chi connectivity index (χ0v) is 17.2. The van der Waals surface area contributed by atoms with Gasteiger partial charge in [-0.2, -0.15) is 0 Å². The van der Waals surface area contributed by atoms with Crippen molar-refractivity contribution in [3.8, 4) is 5.75 Å². The molecule has 0 unspecified atom stereocenters. The molecule has 0 spiro atoms. The fraction of sp³-hybridized carbons (Fsp3) is 0.333. The molecule has 6 nitrogen and oxygen atoms in total. The summed E-state index contributed by atoms with van der Waals surface area (Å²) in [5, 5.41) is 6.84. The van der Waals surface area contributed by atoms with Crippen LogP contribution < -0.4 is 20.3 Å².